The Labute approximate surface area is 181 Å². The third kappa shape index (κ3) is 4.39. The first-order chi connectivity index (χ1) is 15.2. The van der Waals surface area contributed by atoms with Gasteiger partial charge < -0.3 is 14.9 Å². The molecule has 1 aliphatic carbocycles. The first-order valence-electron chi connectivity index (χ1n) is 11.2. The van der Waals surface area contributed by atoms with E-state index in [2.05, 4.69) is 51.9 Å². The summed E-state index contributed by atoms with van der Waals surface area (Å²) >= 11 is 0. The fourth-order valence-corrected chi connectivity index (χ4v) is 4.94. The monoisotopic (exact) mass is 417 g/mol. The van der Waals surface area contributed by atoms with Gasteiger partial charge >= 0.3 is 5.97 Å². The predicted molar refractivity (Wildman–Crippen MR) is 117 cm³/mol. The maximum absolute atomic E-state index is 10.9. The standard InChI is InChI=1S/C25H27N3O3/c29-23(30)14-16-13-22(26-15-16)19-7-9-20(10-8-19)24-27-25(31-28-24)21-11-5-18(6-12-21)17-3-1-2-4-17/h5-12,16-17,22,26H,1-4,13-15H2,(H,29,30). The van der Waals surface area contributed by atoms with Crippen LogP contribution in [0.25, 0.3) is 22.8 Å². The van der Waals surface area contributed by atoms with Crippen LogP contribution in [-0.4, -0.2) is 27.8 Å². The zero-order chi connectivity index (χ0) is 21.2. The minimum absolute atomic E-state index is 0.182. The highest BCUT2D eigenvalue weighted by Gasteiger charge is 2.27. The number of nitrogens with zero attached hydrogens (tertiary/aromatic N) is 2. The molecule has 1 aromatic heterocycles. The van der Waals surface area contributed by atoms with Crippen LogP contribution in [0.2, 0.25) is 0 Å². The molecule has 2 aromatic carbocycles. The summed E-state index contributed by atoms with van der Waals surface area (Å²) in [6.07, 6.45) is 6.30. The Morgan fingerprint density at radius 1 is 1.00 bits per heavy atom. The quantitative estimate of drug-likeness (QED) is 0.574. The molecule has 2 aliphatic rings. The molecule has 2 fully saturated rings. The van der Waals surface area contributed by atoms with E-state index in [1.54, 1.807) is 0 Å². The van der Waals surface area contributed by atoms with Crippen LogP contribution in [-0.2, 0) is 4.79 Å². The molecule has 160 valence electrons. The van der Waals surface area contributed by atoms with Crippen molar-refractivity contribution >= 4 is 5.97 Å². The number of carbonyl (C=O) groups is 1. The molecule has 2 N–H and O–H groups in total. The average molecular weight is 418 g/mol. The van der Waals surface area contributed by atoms with Gasteiger partial charge in [-0.15, -0.1) is 0 Å². The van der Waals surface area contributed by atoms with Crippen molar-refractivity contribution in [3.63, 3.8) is 0 Å². The highest BCUT2D eigenvalue weighted by atomic mass is 16.5. The number of aliphatic carboxylic acids is 1. The molecule has 0 bridgehead atoms. The molecule has 0 amide bonds. The van der Waals surface area contributed by atoms with Crippen molar-refractivity contribution in [1.29, 1.82) is 0 Å². The molecule has 0 radical (unpaired) electrons. The van der Waals surface area contributed by atoms with Gasteiger partial charge in [-0.05, 0) is 60.9 Å². The Balaban J connectivity index is 1.26. The van der Waals surface area contributed by atoms with Gasteiger partial charge in [-0.25, -0.2) is 0 Å². The second kappa shape index (κ2) is 8.63. The number of aromatic nitrogens is 2. The van der Waals surface area contributed by atoms with E-state index in [0.29, 0.717) is 17.6 Å². The van der Waals surface area contributed by atoms with Gasteiger partial charge in [0.25, 0.3) is 5.89 Å². The van der Waals surface area contributed by atoms with Gasteiger partial charge in [0.15, 0.2) is 0 Å². The van der Waals surface area contributed by atoms with E-state index >= 15 is 0 Å². The molecular formula is C25H27N3O3. The molecular weight excluding hydrogens is 390 g/mol. The van der Waals surface area contributed by atoms with Crippen LogP contribution in [0.5, 0.6) is 0 Å². The molecule has 6 heteroatoms. The summed E-state index contributed by atoms with van der Waals surface area (Å²) in [7, 11) is 0. The minimum atomic E-state index is -0.733. The molecule has 1 saturated heterocycles. The summed E-state index contributed by atoms with van der Waals surface area (Å²) < 4.78 is 5.52. The van der Waals surface area contributed by atoms with E-state index in [1.165, 1.54) is 31.2 Å². The topological polar surface area (TPSA) is 88.2 Å². The number of nitrogens with one attached hydrogen (secondary N) is 1. The van der Waals surface area contributed by atoms with Gasteiger partial charge in [0.1, 0.15) is 0 Å². The minimum Gasteiger partial charge on any atom is -0.481 e. The first kappa shape index (κ1) is 19.9. The molecule has 1 saturated carbocycles. The normalized spacial score (nSPS) is 21.5. The molecule has 0 spiro atoms. The Kier molecular flexibility index (Phi) is 5.55. The van der Waals surface area contributed by atoms with Gasteiger partial charge in [-0.3, -0.25) is 4.79 Å². The van der Waals surface area contributed by atoms with Gasteiger partial charge in [0.05, 0.1) is 0 Å². The van der Waals surface area contributed by atoms with Gasteiger partial charge in [-0.1, -0.05) is 54.4 Å². The Morgan fingerprint density at radius 3 is 2.39 bits per heavy atom. The number of carboxylic acids is 1. The Hall–Kier alpha value is -2.99. The van der Waals surface area contributed by atoms with Gasteiger partial charge in [0.2, 0.25) is 5.82 Å². The van der Waals surface area contributed by atoms with Crippen LogP contribution in [0.1, 0.15) is 61.6 Å². The number of rotatable bonds is 6. The van der Waals surface area contributed by atoms with Crippen molar-refractivity contribution in [3.05, 3.63) is 59.7 Å². The number of hydrogen-bond acceptors (Lipinski definition) is 5. The van der Waals surface area contributed by atoms with E-state index in [9.17, 15) is 4.79 Å². The first-order valence-corrected chi connectivity index (χ1v) is 11.2. The number of hydrogen-bond donors (Lipinski definition) is 2. The van der Waals surface area contributed by atoms with E-state index in [0.717, 1.165) is 29.7 Å². The van der Waals surface area contributed by atoms with E-state index in [1.807, 2.05) is 12.1 Å². The van der Waals surface area contributed by atoms with Crippen molar-refractivity contribution in [2.24, 2.45) is 5.92 Å². The second-order valence-electron chi connectivity index (χ2n) is 8.81. The van der Waals surface area contributed by atoms with Crippen LogP contribution >= 0.6 is 0 Å². The van der Waals surface area contributed by atoms with Crippen LogP contribution in [0, 0.1) is 5.92 Å². The van der Waals surface area contributed by atoms with E-state index < -0.39 is 5.97 Å². The van der Waals surface area contributed by atoms with Crippen molar-refractivity contribution in [1.82, 2.24) is 15.5 Å². The smallest absolute Gasteiger partial charge is 0.303 e. The third-order valence-corrected chi connectivity index (χ3v) is 6.67. The average Bonchev–Trinajstić information content (AvgIpc) is 3.55. The lowest BCUT2D eigenvalue weighted by atomic mass is 9.97. The largest absolute Gasteiger partial charge is 0.481 e. The number of carboxylic acid groups (broad SMARTS) is 1. The molecule has 2 atom stereocenters. The van der Waals surface area contributed by atoms with Crippen molar-refractivity contribution in [2.45, 2.75) is 50.5 Å². The van der Waals surface area contributed by atoms with Crippen molar-refractivity contribution < 1.29 is 14.4 Å². The highest BCUT2D eigenvalue weighted by Crippen LogP contribution is 2.35. The maximum atomic E-state index is 10.9. The van der Waals surface area contributed by atoms with Gasteiger partial charge in [-0.2, -0.15) is 4.98 Å². The summed E-state index contributed by atoms with van der Waals surface area (Å²) in [5, 5.41) is 16.6. The molecule has 1 aliphatic heterocycles. The number of benzene rings is 2. The van der Waals surface area contributed by atoms with Crippen LogP contribution in [0.15, 0.2) is 53.1 Å². The molecule has 3 aromatic rings. The van der Waals surface area contributed by atoms with Crippen LogP contribution in [0.3, 0.4) is 0 Å². The fourth-order valence-electron chi connectivity index (χ4n) is 4.94. The van der Waals surface area contributed by atoms with Crippen LogP contribution < -0.4 is 5.32 Å². The lowest BCUT2D eigenvalue weighted by Gasteiger charge is -2.11. The van der Waals surface area contributed by atoms with Crippen molar-refractivity contribution in [3.8, 4) is 22.8 Å². The summed E-state index contributed by atoms with van der Waals surface area (Å²) in [6, 6.07) is 16.8. The van der Waals surface area contributed by atoms with E-state index in [4.69, 9.17) is 9.63 Å². The molecule has 5 rings (SSSR count). The Bertz CT molecular complexity index is 1040. The van der Waals surface area contributed by atoms with Gasteiger partial charge in [0, 0.05) is 23.6 Å². The SMILES string of the molecule is O=C(O)CC1CNC(c2ccc(-c3noc(-c4ccc(C5CCCC5)cc4)n3)cc2)C1. The molecule has 31 heavy (non-hydrogen) atoms. The van der Waals surface area contributed by atoms with Crippen LogP contribution in [0.4, 0.5) is 0 Å². The van der Waals surface area contributed by atoms with E-state index in [-0.39, 0.29) is 18.4 Å². The maximum Gasteiger partial charge on any atom is 0.303 e. The summed E-state index contributed by atoms with van der Waals surface area (Å²) in [6.45, 7) is 0.743. The lowest BCUT2D eigenvalue weighted by molar-refractivity contribution is -0.137. The summed E-state index contributed by atoms with van der Waals surface area (Å²) in [5.41, 5.74) is 4.41. The zero-order valence-electron chi connectivity index (χ0n) is 17.5. The summed E-state index contributed by atoms with van der Waals surface area (Å²) in [5.74, 6) is 1.25. The predicted octanol–water partition coefficient (Wildman–Crippen LogP) is 5.19. The molecule has 2 heterocycles. The Morgan fingerprint density at radius 2 is 1.68 bits per heavy atom. The fraction of sp³-hybridized carbons (Fsp3) is 0.400. The third-order valence-electron chi connectivity index (χ3n) is 6.67. The summed E-state index contributed by atoms with van der Waals surface area (Å²) in [4.78, 5) is 15.5. The lowest BCUT2D eigenvalue weighted by Crippen LogP contribution is -2.14. The zero-order valence-corrected chi connectivity index (χ0v) is 17.5. The molecule has 6 nitrogen and oxygen atoms in total. The molecule has 2 unspecified atom stereocenters. The van der Waals surface area contributed by atoms with Crippen molar-refractivity contribution in [2.75, 3.05) is 6.54 Å². The highest BCUT2D eigenvalue weighted by molar-refractivity contribution is 5.67. The second-order valence-corrected chi connectivity index (χ2v) is 8.81.